The maximum Gasteiger partial charge on any atom is 0.0476 e. The fourth-order valence-corrected chi connectivity index (χ4v) is 2.27. The second kappa shape index (κ2) is 5.99. The van der Waals surface area contributed by atoms with Crippen LogP contribution in [0.2, 0.25) is 0 Å². The molecule has 0 bridgehead atoms. The molecule has 1 aliphatic rings. The number of benzene rings is 1. The molecule has 1 fully saturated rings. The Morgan fingerprint density at radius 3 is 2.82 bits per heavy atom. The average molecular weight is 230 g/mol. The number of nitrogens with one attached hydrogen (secondary N) is 1. The second-order valence-electron chi connectivity index (χ2n) is 4.91. The molecule has 0 spiro atoms. The number of rotatable bonds is 3. The van der Waals surface area contributed by atoms with Gasteiger partial charge in [0, 0.05) is 32.2 Å². The van der Waals surface area contributed by atoms with Crippen LogP contribution in [0.3, 0.4) is 0 Å². The first-order chi connectivity index (χ1) is 8.27. The van der Waals surface area contributed by atoms with Crippen LogP contribution in [0.25, 0.3) is 0 Å². The fourth-order valence-electron chi connectivity index (χ4n) is 2.27. The lowest BCUT2D eigenvalue weighted by Crippen LogP contribution is -2.45. The molecule has 2 rings (SSSR count). The molecule has 0 aromatic heterocycles. The minimum Gasteiger partial charge on any atom is -0.314 e. The highest BCUT2D eigenvalue weighted by atomic mass is 15.2. The van der Waals surface area contributed by atoms with Gasteiger partial charge in [-0.05, 0) is 19.4 Å². The number of piperazine rings is 1. The van der Waals surface area contributed by atoms with Crippen molar-refractivity contribution in [3.63, 3.8) is 0 Å². The average Bonchev–Trinajstić information content (AvgIpc) is 2.38. The summed E-state index contributed by atoms with van der Waals surface area (Å²) in [6.45, 7) is 8.67. The zero-order valence-electron chi connectivity index (χ0n) is 10.8. The first-order valence-corrected chi connectivity index (χ1v) is 6.40. The SMILES string of the molecule is CC(C)=CCN1CCNCC1c1ccccc1. The minimum atomic E-state index is 0.514. The Kier molecular flexibility index (Phi) is 4.35. The van der Waals surface area contributed by atoms with E-state index in [-0.39, 0.29) is 0 Å². The van der Waals surface area contributed by atoms with Crippen LogP contribution in [0, 0.1) is 0 Å². The van der Waals surface area contributed by atoms with E-state index in [4.69, 9.17) is 0 Å². The second-order valence-corrected chi connectivity index (χ2v) is 4.91. The molecular weight excluding hydrogens is 208 g/mol. The third-order valence-corrected chi connectivity index (χ3v) is 3.27. The molecule has 0 amide bonds. The van der Waals surface area contributed by atoms with Gasteiger partial charge in [0.1, 0.15) is 0 Å². The van der Waals surface area contributed by atoms with Crippen LogP contribution in [-0.4, -0.2) is 31.1 Å². The van der Waals surface area contributed by atoms with E-state index >= 15 is 0 Å². The van der Waals surface area contributed by atoms with Crippen LogP contribution in [-0.2, 0) is 0 Å². The number of hydrogen-bond acceptors (Lipinski definition) is 2. The summed E-state index contributed by atoms with van der Waals surface area (Å²) in [5.74, 6) is 0. The molecule has 2 heteroatoms. The van der Waals surface area contributed by atoms with Gasteiger partial charge in [-0.3, -0.25) is 4.90 Å². The van der Waals surface area contributed by atoms with Crippen LogP contribution in [0.15, 0.2) is 42.0 Å². The van der Waals surface area contributed by atoms with E-state index in [1.54, 1.807) is 0 Å². The van der Waals surface area contributed by atoms with E-state index in [0.717, 1.165) is 26.2 Å². The number of nitrogens with zero attached hydrogens (tertiary/aromatic N) is 1. The molecule has 92 valence electrons. The standard InChI is InChI=1S/C15H22N2/c1-13(2)8-10-17-11-9-16-12-15(17)14-6-4-3-5-7-14/h3-8,15-16H,9-12H2,1-2H3. The van der Waals surface area contributed by atoms with Crippen LogP contribution in [0.1, 0.15) is 25.5 Å². The maximum atomic E-state index is 3.49. The molecule has 1 aromatic carbocycles. The van der Waals surface area contributed by atoms with Crippen LogP contribution < -0.4 is 5.32 Å². The topological polar surface area (TPSA) is 15.3 Å². The van der Waals surface area contributed by atoms with Crippen LogP contribution >= 0.6 is 0 Å². The first kappa shape index (κ1) is 12.3. The van der Waals surface area contributed by atoms with E-state index < -0.39 is 0 Å². The van der Waals surface area contributed by atoms with Crippen molar-refractivity contribution in [3.05, 3.63) is 47.5 Å². The van der Waals surface area contributed by atoms with E-state index in [2.05, 4.69) is 60.5 Å². The summed E-state index contributed by atoms with van der Waals surface area (Å²) in [7, 11) is 0. The summed E-state index contributed by atoms with van der Waals surface area (Å²) < 4.78 is 0. The van der Waals surface area contributed by atoms with Crippen molar-refractivity contribution < 1.29 is 0 Å². The minimum absolute atomic E-state index is 0.514. The van der Waals surface area contributed by atoms with Gasteiger partial charge >= 0.3 is 0 Å². The van der Waals surface area contributed by atoms with Crippen LogP contribution in [0.5, 0.6) is 0 Å². The normalized spacial score (nSPS) is 21.2. The smallest absolute Gasteiger partial charge is 0.0476 e. The molecule has 1 aromatic rings. The van der Waals surface area contributed by atoms with Crippen molar-refractivity contribution >= 4 is 0 Å². The Morgan fingerprint density at radius 2 is 2.12 bits per heavy atom. The molecule has 0 aliphatic carbocycles. The third kappa shape index (κ3) is 3.42. The van der Waals surface area contributed by atoms with Crippen LogP contribution in [0.4, 0.5) is 0 Å². The summed E-state index contributed by atoms with van der Waals surface area (Å²) in [5.41, 5.74) is 2.82. The molecule has 1 atom stereocenters. The zero-order valence-corrected chi connectivity index (χ0v) is 10.8. The monoisotopic (exact) mass is 230 g/mol. The van der Waals surface area contributed by atoms with Crippen molar-refractivity contribution in [3.8, 4) is 0 Å². The molecule has 0 saturated carbocycles. The first-order valence-electron chi connectivity index (χ1n) is 6.40. The van der Waals surface area contributed by atoms with Crippen molar-refractivity contribution in [1.29, 1.82) is 0 Å². The fraction of sp³-hybridized carbons (Fsp3) is 0.467. The lowest BCUT2D eigenvalue weighted by molar-refractivity contribution is 0.180. The molecule has 2 nitrogen and oxygen atoms in total. The molecule has 1 aliphatic heterocycles. The Morgan fingerprint density at radius 1 is 1.35 bits per heavy atom. The zero-order chi connectivity index (χ0) is 12.1. The summed E-state index contributed by atoms with van der Waals surface area (Å²) in [5, 5.41) is 3.49. The van der Waals surface area contributed by atoms with Gasteiger partial charge in [-0.2, -0.15) is 0 Å². The maximum absolute atomic E-state index is 3.49. The molecule has 1 heterocycles. The van der Waals surface area contributed by atoms with Gasteiger partial charge in [-0.1, -0.05) is 42.0 Å². The highest BCUT2D eigenvalue weighted by molar-refractivity contribution is 5.20. The van der Waals surface area contributed by atoms with Gasteiger partial charge in [0.05, 0.1) is 0 Å². The van der Waals surface area contributed by atoms with E-state index in [1.165, 1.54) is 11.1 Å². The molecule has 1 unspecified atom stereocenters. The largest absolute Gasteiger partial charge is 0.314 e. The molecule has 0 radical (unpaired) electrons. The molecule has 1 saturated heterocycles. The highest BCUT2D eigenvalue weighted by Gasteiger charge is 2.22. The van der Waals surface area contributed by atoms with Gasteiger partial charge in [0.15, 0.2) is 0 Å². The Hall–Kier alpha value is -1.12. The van der Waals surface area contributed by atoms with Crippen molar-refractivity contribution in [2.45, 2.75) is 19.9 Å². The predicted molar refractivity (Wildman–Crippen MR) is 73.1 cm³/mol. The Bertz CT molecular complexity index is 366. The summed E-state index contributed by atoms with van der Waals surface area (Å²) in [6.07, 6.45) is 2.32. The third-order valence-electron chi connectivity index (χ3n) is 3.27. The van der Waals surface area contributed by atoms with Gasteiger partial charge in [0.25, 0.3) is 0 Å². The lowest BCUT2D eigenvalue weighted by Gasteiger charge is -2.36. The Labute approximate surface area is 104 Å². The van der Waals surface area contributed by atoms with Crippen molar-refractivity contribution in [2.75, 3.05) is 26.2 Å². The number of allylic oxidation sites excluding steroid dienone is 1. The molecule has 17 heavy (non-hydrogen) atoms. The van der Waals surface area contributed by atoms with Gasteiger partial charge in [-0.15, -0.1) is 0 Å². The van der Waals surface area contributed by atoms with E-state index in [1.807, 2.05) is 0 Å². The quantitative estimate of drug-likeness (QED) is 0.803. The van der Waals surface area contributed by atoms with E-state index in [9.17, 15) is 0 Å². The van der Waals surface area contributed by atoms with Gasteiger partial charge < -0.3 is 5.32 Å². The number of hydrogen-bond donors (Lipinski definition) is 1. The Balaban J connectivity index is 2.10. The summed E-state index contributed by atoms with van der Waals surface area (Å²) >= 11 is 0. The van der Waals surface area contributed by atoms with Gasteiger partial charge in [0.2, 0.25) is 0 Å². The summed E-state index contributed by atoms with van der Waals surface area (Å²) in [6, 6.07) is 11.3. The molecule has 1 N–H and O–H groups in total. The lowest BCUT2D eigenvalue weighted by atomic mass is 10.0. The van der Waals surface area contributed by atoms with Crippen molar-refractivity contribution in [1.82, 2.24) is 10.2 Å². The van der Waals surface area contributed by atoms with E-state index in [0.29, 0.717) is 6.04 Å². The van der Waals surface area contributed by atoms with Crippen molar-refractivity contribution in [2.24, 2.45) is 0 Å². The molecular formula is C15H22N2. The highest BCUT2D eigenvalue weighted by Crippen LogP contribution is 2.21. The predicted octanol–water partition coefficient (Wildman–Crippen LogP) is 2.60. The van der Waals surface area contributed by atoms with Gasteiger partial charge in [-0.25, -0.2) is 0 Å². The summed E-state index contributed by atoms with van der Waals surface area (Å²) in [4.78, 5) is 2.55.